The summed E-state index contributed by atoms with van der Waals surface area (Å²) in [5.41, 5.74) is 4.09. The molecule has 0 aliphatic carbocycles. The third-order valence-corrected chi connectivity index (χ3v) is 10.5. The van der Waals surface area contributed by atoms with Crippen LogP contribution in [0.5, 0.6) is 17.2 Å². The molecule has 0 amide bonds. The molecule has 296 valence electrons. The minimum absolute atomic E-state index is 0.00416. The number of pyridine rings is 1. The number of Topliss-reactive ketones (excluding diaryl/α,β-unsaturated/α-hetero) is 1. The molecule has 5 rings (SSSR count). The Balaban J connectivity index is 1.28. The van der Waals surface area contributed by atoms with E-state index in [1.54, 1.807) is 24.4 Å². The number of β-amino-alcohol motifs (C(OH)–C–C–N with tert-alkyl or cyclic N) is 1. The number of nitrogens with one attached hydrogen (secondary N) is 1. The Kier molecular flexibility index (Phi) is 14.1. The highest BCUT2D eigenvalue weighted by Crippen LogP contribution is 2.37. The zero-order chi connectivity index (χ0) is 40.5. The number of carboxylic acid groups (broad SMARTS) is 1. The first-order chi connectivity index (χ1) is 26.7. The fourth-order valence-electron chi connectivity index (χ4n) is 6.80. The number of carboxylic acids is 1. The predicted molar refractivity (Wildman–Crippen MR) is 212 cm³/mol. The minimum Gasteiger partial charge on any atom is -0.493 e. The molecule has 1 aromatic heterocycles. The second-order valence-electron chi connectivity index (χ2n) is 14.7. The van der Waals surface area contributed by atoms with Crippen molar-refractivity contribution in [3.05, 3.63) is 105 Å². The molecular weight excluding hydrogens is 736 g/mol. The molecule has 0 bridgehead atoms. The summed E-state index contributed by atoms with van der Waals surface area (Å²) in [6, 6.07) is 19.1. The Hall–Kier alpha value is -5.03. The summed E-state index contributed by atoms with van der Waals surface area (Å²) in [6.45, 7) is 9.19. The summed E-state index contributed by atoms with van der Waals surface area (Å²) in [5.74, 6) is 0.315. The molecule has 1 fully saturated rings. The number of aliphatic hydroxyl groups excluding tert-OH is 1. The van der Waals surface area contributed by atoms with Gasteiger partial charge in [-0.05, 0) is 86.6 Å². The van der Waals surface area contributed by atoms with Gasteiger partial charge in [-0.2, -0.15) is 5.26 Å². The van der Waals surface area contributed by atoms with Crippen molar-refractivity contribution in [3.8, 4) is 34.4 Å². The van der Waals surface area contributed by atoms with E-state index in [2.05, 4.69) is 33.4 Å². The molecule has 2 atom stereocenters. The van der Waals surface area contributed by atoms with Crippen molar-refractivity contribution in [1.82, 2.24) is 15.2 Å². The van der Waals surface area contributed by atoms with Gasteiger partial charge in [0.1, 0.15) is 47.9 Å². The van der Waals surface area contributed by atoms with Crippen LogP contribution in [0.3, 0.4) is 0 Å². The number of likely N-dealkylation sites (tertiary alicyclic amines) is 1. The van der Waals surface area contributed by atoms with Gasteiger partial charge in [0, 0.05) is 62.2 Å². The maximum Gasteiger partial charge on any atom is 0.326 e. The number of nitriles is 1. The summed E-state index contributed by atoms with van der Waals surface area (Å²) in [7, 11) is 0. The number of hydrogen-bond acceptors (Lipinski definition) is 11. The molecule has 1 unspecified atom stereocenters. The van der Waals surface area contributed by atoms with Crippen LogP contribution in [0.4, 0.5) is 0 Å². The van der Waals surface area contributed by atoms with E-state index in [1.165, 1.54) is 20.0 Å². The van der Waals surface area contributed by atoms with Crippen molar-refractivity contribution in [2.45, 2.75) is 77.9 Å². The number of carbonyl (C=O) groups excluding carboxylic acids is 1. The van der Waals surface area contributed by atoms with Gasteiger partial charge < -0.3 is 34.4 Å². The Bertz CT molecular complexity index is 2090. The van der Waals surface area contributed by atoms with Crippen LogP contribution in [0.2, 0.25) is 5.02 Å². The Morgan fingerprint density at radius 1 is 1.00 bits per heavy atom. The predicted octanol–water partition coefficient (Wildman–Crippen LogP) is 6.16. The number of rotatable bonds is 19. The van der Waals surface area contributed by atoms with E-state index in [1.807, 2.05) is 38.1 Å². The maximum absolute atomic E-state index is 11.8. The fraction of sp³-hybridized carbons (Fsp3) is 0.395. The highest BCUT2D eigenvalue weighted by atomic mass is 35.5. The summed E-state index contributed by atoms with van der Waals surface area (Å²) in [6.07, 6.45) is 4.63. The third-order valence-electron chi connectivity index (χ3n) is 10.2. The molecule has 4 aromatic rings. The molecule has 13 heteroatoms. The molecule has 1 aliphatic heterocycles. The van der Waals surface area contributed by atoms with Gasteiger partial charge in [-0.25, -0.2) is 0 Å². The van der Waals surface area contributed by atoms with Gasteiger partial charge in [-0.15, -0.1) is 0 Å². The van der Waals surface area contributed by atoms with E-state index in [0.717, 1.165) is 53.1 Å². The first-order valence-electron chi connectivity index (χ1n) is 18.5. The second-order valence-corrected chi connectivity index (χ2v) is 15.1. The number of carbonyl (C=O) groups is 2. The lowest BCUT2D eigenvalue weighted by molar-refractivity contribution is -0.146. The van der Waals surface area contributed by atoms with Crippen LogP contribution >= 0.6 is 11.6 Å². The normalized spacial score (nSPS) is 16.5. The summed E-state index contributed by atoms with van der Waals surface area (Å²) in [4.78, 5) is 29.7. The van der Waals surface area contributed by atoms with Crippen LogP contribution in [0.1, 0.15) is 66.5 Å². The number of halogens is 1. The minimum atomic E-state index is -1.60. The zero-order valence-electron chi connectivity index (χ0n) is 32.2. The van der Waals surface area contributed by atoms with E-state index in [4.69, 9.17) is 25.8 Å². The maximum atomic E-state index is 11.8. The van der Waals surface area contributed by atoms with Crippen molar-refractivity contribution in [1.29, 1.82) is 5.26 Å². The lowest BCUT2D eigenvalue weighted by Gasteiger charge is -2.25. The average molecular weight is 785 g/mol. The first kappa shape index (κ1) is 42.1. The second kappa shape index (κ2) is 18.7. The first-order valence-corrected chi connectivity index (χ1v) is 18.9. The molecule has 1 aliphatic rings. The van der Waals surface area contributed by atoms with Crippen LogP contribution in [0.25, 0.3) is 11.1 Å². The number of hydrogen-bond donors (Lipinski definition) is 4. The number of ketones is 1. The third kappa shape index (κ3) is 10.6. The Morgan fingerprint density at radius 3 is 2.45 bits per heavy atom. The van der Waals surface area contributed by atoms with Crippen molar-refractivity contribution in [2.24, 2.45) is 0 Å². The van der Waals surface area contributed by atoms with Crippen LogP contribution in [0, 0.1) is 25.2 Å². The number of nitrogens with zero attached hydrogens (tertiary/aromatic N) is 3. The quantitative estimate of drug-likeness (QED) is 0.0799. The topological polar surface area (TPSA) is 174 Å². The smallest absolute Gasteiger partial charge is 0.326 e. The van der Waals surface area contributed by atoms with Crippen molar-refractivity contribution >= 4 is 23.4 Å². The van der Waals surface area contributed by atoms with E-state index in [-0.39, 0.29) is 37.0 Å². The van der Waals surface area contributed by atoms with Gasteiger partial charge in [0.2, 0.25) is 0 Å². The zero-order valence-corrected chi connectivity index (χ0v) is 33.0. The average Bonchev–Trinajstić information content (AvgIpc) is 3.54. The van der Waals surface area contributed by atoms with Crippen LogP contribution in [-0.4, -0.2) is 80.9 Å². The van der Waals surface area contributed by atoms with Crippen LogP contribution in [-0.2, 0) is 29.3 Å². The Labute approximate surface area is 332 Å². The van der Waals surface area contributed by atoms with Gasteiger partial charge in [-0.1, -0.05) is 41.9 Å². The largest absolute Gasteiger partial charge is 0.493 e. The summed E-state index contributed by atoms with van der Waals surface area (Å²) in [5, 5.41) is 42.6. The van der Waals surface area contributed by atoms with Gasteiger partial charge in [-0.3, -0.25) is 19.9 Å². The van der Waals surface area contributed by atoms with Crippen molar-refractivity contribution < 1.29 is 39.1 Å². The van der Waals surface area contributed by atoms with Gasteiger partial charge in [0.25, 0.3) is 0 Å². The molecule has 4 N–H and O–H groups in total. The molecule has 0 saturated carbocycles. The monoisotopic (exact) mass is 784 g/mol. The van der Waals surface area contributed by atoms with Crippen molar-refractivity contribution in [2.75, 3.05) is 32.8 Å². The molecule has 0 spiro atoms. The number of benzene rings is 3. The highest BCUT2D eigenvalue weighted by molar-refractivity contribution is 6.32. The number of ether oxygens (including phenoxy) is 3. The number of aliphatic hydroxyl groups is 2. The van der Waals surface area contributed by atoms with Crippen molar-refractivity contribution in [3.63, 3.8) is 0 Å². The van der Waals surface area contributed by atoms with E-state index < -0.39 is 23.7 Å². The van der Waals surface area contributed by atoms with Gasteiger partial charge in [0.15, 0.2) is 0 Å². The lowest BCUT2D eigenvalue weighted by Crippen LogP contribution is -2.52. The molecule has 1 saturated heterocycles. The Morgan fingerprint density at radius 2 is 1.73 bits per heavy atom. The number of aliphatic carboxylic acids is 1. The molecule has 0 radical (unpaired) electrons. The number of aromatic nitrogens is 1. The van der Waals surface area contributed by atoms with E-state index >= 15 is 0 Å². The fourth-order valence-corrected chi connectivity index (χ4v) is 7.04. The van der Waals surface area contributed by atoms with E-state index in [0.29, 0.717) is 47.8 Å². The molecular formula is C43H49ClN4O8. The molecule has 3 aromatic carbocycles. The summed E-state index contributed by atoms with van der Waals surface area (Å²) < 4.78 is 18.7. The van der Waals surface area contributed by atoms with Gasteiger partial charge >= 0.3 is 5.97 Å². The van der Waals surface area contributed by atoms with Crippen LogP contribution in [0.15, 0.2) is 67.0 Å². The standard InChI is InChI=1S/C43H49ClN4O8/c1-28(50)19-43(53)12-14-48(26-43)13-7-15-54-38-11-6-10-36(30(38)3)35-9-5-8-33(29(35)2)25-56-40-18-39(55-24-32-16-31(20-45)21-46-22-32)34(17-37(40)44)23-47-42(4,27-49)41(51)52/h5-6,8-11,16-18,21-22,47,49,53H,7,12-15,19,23-27H2,1-4H3,(H,51,52)/t42-,43?/m0/s1. The van der Waals surface area contributed by atoms with E-state index in [9.17, 15) is 30.2 Å². The van der Waals surface area contributed by atoms with Crippen LogP contribution < -0.4 is 19.5 Å². The van der Waals surface area contributed by atoms with Gasteiger partial charge in [0.05, 0.1) is 29.4 Å². The molecule has 56 heavy (non-hydrogen) atoms. The lowest BCUT2D eigenvalue weighted by atomic mass is 9.93. The summed E-state index contributed by atoms with van der Waals surface area (Å²) >= 11 is 6.74. The molecule has 2 heterocycles. The highest BCUT2D eigenvalue weighted by Gasteiger charge is 2.36. The SMILES string of the molecule is CC(=O)CC1(O)CCN(CCCOc2cccc(-c3cccc(COc4cc(OCc5cncc(C#N)c5)c(CN[C@@](C)(CO)C(=O)O)cc4Cl)c3C)c2C)C1. The molecule has 12 nitrogen and oxygen atoms in total.